The van der Waals surface area contributed by atoms with Crippen LogP contribution in [0, 0.1) is 0 Å². The van der Waals surface area contributed by atoms with E-state index in [1.165, 1.54) is 0 Å². The minimum atomic E-state index is -0.124. The van der Waals surface area contributed by atoms with Crippen molar-refractivity contribution in [2.24, 2.45) is 0 Å². The third-order valence-corrected chi connectivity index (χ3v) is 4.25. The second-order valence-electron chi connectivity index (χ2n) is 5.94. The Hall–Kier alpha value is -3.34. The molecule has 5 nitrogen and oxygen atoms in total. The maximum absolute atomic E-state index is 12.4. The zero-order valence-corrected chi connectivity index (χ0v) is 14.1. The van der Waals surface area contributed by atoms with Crippen molar-refractivity contribution < 1.29 is 14.3 Å². The quantitative estimate of drug-likeness (QED) is 0.786. The molecule has 26 heavy (non-hydrogen) atoms. The van der Waals surface area contributed by atoms with E-state index < -0.39 is 0 Å². The first-order chi connectivity index (χ1) is 12.8. The number of fused-ring (bicyclic) bond motifs is 1. The van der Waals surface area contributed by atoms with Crippen LogP contribution in [0.25, 0.3) is 11.1 Å². The Morgan fingerprint density at radius 2 is 1.65 bits per heavy atom. The number of nitrogens with zero attached hydrogens (tertiary/aromatic N) is 1. The van der Waals surface area contributed by atoms with Crippen LogP contribution in [0.1, 0.15) is 15.9 Å². The van der Waals surface area contributed by atoms with Gasteiger partial charge in [-0.1, -0.05) is 24.3 Å². The molecule has 130 valence electrons. The van der Waals surface area contributed by atoms with Gasteiger partial charge < -0.3 is 14.8 Å². The molecule has 0 unspecified atom stereocenters. The molecule has 1 aromatic heterocycles. The number of carbonyl (C=O) groups is 1. The molecule has 0 saturated heterocycles. The number of hydrogen-bond donors (Lipinski definition) is 1. The van der Waals surface area contributed by atoms with Gasteiger partial charge in [0.2, 0.25) is 0 Å². The lowest BCUT2D eigenvalue weighted by Gasteiger charge is -2.21. The highest BCUT2D eigenvalue weighted by atomic mass is 16.6. The van der Waals surface area contributed by atoms with E-state index in [1.54, 1.807) is 12.4 Å². The third-order valence-electron chi connectivity index (χ3n) is 4.25. The minimum Gasteiger partial charge on any atom is -0.486 e. The predicted octanol–water partition coefficient (Wildman–Crippen LogP) is 3.45. The molecule has 2 heterocycles. The highest BCUT2D eigenvalue weighted by molar-refractivity contribution is 5.94. The average Bonchev–Trinajstić information content (AvgIpc) is 2.73. The highest BCUT2D eigenvalue weighted by Crippen LogP contribution is 2.33. The molecule has 0 aliphatic carbocycles. The number of nitrogens with one attached hydrogen (secondary N) is 1. The molecule has 1 aliphatic heterocycles. The van der Waals surface area contributed by atoms with Gasteiger partial charge in [0.05, 0.1) is 0 Å². The molecule has 4 rings (SSSR count). The monoisotopic (exact) mass is 346 g/mol. The summed E-state index contributed by atoms with van der Waals surface area (Å²) in [6.45, 7) is 1.46. The van der Waals surface area contributed by atoms with Gasteiger partial charge in [0, 0.05) is 30.1 Å². The fraction of sp³-hybridized carbons (Fsp3) is 0.143. The van der Waals surface area contributed by atoms with Gasteiger partial charge in [-0.3, -0.25) is 9.78 Å². The molecule has 1 amide bonds. The van der Waals surface area contributed by atoms with E-state index in [4.69, 9.17) is 9.47 Å². The summed E-state index contributed by atoms with van der Waals surface area (Å²) in [6.07, 6.45) is 3.50. The fourth-order valence-corrected chi connectivity index (χ4v) is 2.91. The summed E-state index contributed by atoms with van der Waals surface area (Å²) in [5.74, 6) is 1.32. The Kier molecular flexibility index (Phi) is 4.51. The SMILES string of the molecule is O=C(NCc1cccc2c1OCCO2)c1ccc(-c2ccncc2)cc1. The van der Waals surface area contributed by atoms with Crippen molar-refractivity contribution in [2.75, 3.05) is 13.2 Å². The van der Waals surface area contributed by atoms with Crippen LogP contribution in [-0.4, -0.2) is 24.1 Å². The Labute approximate surface area is 151 Å². The van der Waals surface area contributed by atoms with Gasteiger partial charge in [0.15, 0.2) is 11.5 Å². The number of hydrogen-bond acceptors (Lipinski definition) is 4. The van der Waals surface area contributed by atoms with Crippen molar-refractivity contribution in [3.05, 3.63) is 78.1 Å². The van der Waals surface area contributed by atoms with Gasteiger partial charge in [-0.2, -0.15) is 0 Å². The molecular weight excluding hydrogens is 328 g/mol. The standard InChI is InChI=1S/C21H18N2O3/c24-21(17-6-4-15(5-7-17)16-8-10-22-11-9-16)23-14-18-2-1-3-19-20(18)26-13-12-25-19/h1-11H,12-14H2,(H,23,24). The number of pyridine rings is 1. The van der Waals surface area contributed by atoms with Gasteiger partial charge in [-0.15, -0.1) is 0 Å². The van der Waals surface area contributed by atoms with Crippen LogP contribution in [0.4, 0.5) is 0 Å². The molecule has 2 aromatic carbocycles. The van der Waals surface area contributed by atoms with E-state index in [2.05, 4.69) is 10.3 Å². The van der Waals surface area contributed by atoms with Crippen molar-refractivity contribution in [1.29, 1.82) is 0 Å². The van der Waals surface area contributed by atoms with Gasteiger partial charge >= 0.3 is 0 Å². The van der Waals surface area contributed by atoms with E-state index in [0.29, 0.717) is 31.1 Å². The van der Waals surface area contributed by atoms with Gasteiger partial charge in [0.25, 0.3) is 5.91 Å². The molecule has 0 atom stereocenters. The van der Waals surface area contributed by atoms with Crippen LogP contribution in [0.15, 0.2) is 67.0 Å². The topological polar surface area (TPSA) is 60.5 Å². The Morgan fingerprint density at radius 1 is 0.923 bits per heavy atom. The molecule has 0 spiro atoms. The summed E-state index contributed by atoms with van der Waals surface area (Å²) in [5, 5.41) is 2.94. The summed E-state index contributed by atoms with van der Waals surface area (Å²) in [7, 11) is 0. The zero-order valence-electron chi connectivity index (χ0n) is 14.1. The van der Waals surface area contributed by atoms with E-state index in [-0.39, 0.29) is 5.91 Å². The van der Waals surface area contributed by atoms with Crippen LogP contribution in [0.3, 0.4) is 0 Å². The number of carbonyl (C=O) groups excluding carboxylic acids is 1. The number of para-hydroxylation sites is 1. The molecule has 1 aliphatic rings. The van der Waals surface area contributed by atoms with Crippen LogP contribution in [0.5, 0.6) is 11.5 Å². The average molecular weight is 346 g/mol. The lowest BCUT2D eigenvalue weighted by molar-refractivity contribution is 0.0950. The van der Waals surface area contributed by atoms with Crippen LogP contribution < -0.4 is 14.8 Å². The first-order valence-electron chi connectivity index (χ1n) is 8.47. The zero-order chi connectivity index (χ0) is 17.8. The maximum Gasteiger partial charge on any atom is 0.251 e. The number of aromatic nitrogens is 1. The van der Waals surface area contributed by atoms with Gasteiger partial charge in [-0.25, -0.2) is 0 Å². The number of amides is 1. The summed E-state index contributed by atoms with van der Waals surface area (Å²) in [5.41, 5.74) is 3.64. The molecular formula is C21H18N2O3. The van der Waals surface area contributed by atoms with E-state index in [1.807, 2.05) is 54.6 Å². The van der Waals surface area contributed by atoms with Crippen molar-refractivity contribution >= 4 is 5.91 Å². The van der Waals surface area contributed by atoms with Crippen LogP contribution in [-0.2, 0) is 6.54 Å². The van der Waals surface area contributed by atoms with E-state index in [0.717, 1.165) is 22.4 Å². The Bertz CT molecular complexity index is 908. The minimum absolute atomic E-state index is 0.124. The second-order valence-corrected chi connectivity index (χ2v) is 5.94. The second kappa shape index (κ2) is 7.27. The van der Waals surface area contributed by atoms with Crippen LogP contribution >= 0.6 is 0 Å². The fourth-order valence-electron chi connectivity index (χ4n) is 2.91. The normalized spacial score (nSPS) is 12.5. The smallest absolute Gasteiger partial charge is 0.251 e. The van der Waals surface area contributed by atoms with Crippen LogP contribution in [0.2, 0.25) is 0 Å². The van der Waals surface area contributed by atoms with Crippen molar-refractivity contribution in [2.45, 2.75) is 6.54 Å². The largest absolute Gasteiger partial charge is 0.486 e. The summed E-state index contributed by atoms with van der Waals surface area (Å²) in [6, 6.07) is 17.1. The lowest BCUT2D eigenvalue weighted by Crippen LogP contribution is -2.24. The molecule has 5 heteroatoms. The first-order valence-corrected chi connectivity index (χ1v) is 8.47. The number of benzene rings is 2. The maximum atomic E-state index is 12.4. The Morgan fingerprint density at radius 3 is 2.46 bits per heavy atom. The molecule has 0 fully saturated rings. The molecule has 3 aromatic rings. The first kappa shape index (κ1) is 16.1. The number of ether oxygens (including phenoxy) is 2. The Balaban J connectivity index is 1.44. The van der Waals surface area contributed by atoms with Crippen molar-refractivity contribution in [3.63, 3.8) is 0 Å². The molecule has 0 bridgehead atoms. The number of rotatable bonds is 4. The summed E-state index contributed by atoms with van der Waals surface area (Å²) < 4.78 is 11.2. The molecule has 1 N–H and O–H groups in total. The van der Waals surface area contributed by atoms with Gasteiger partial charge in [0.1, 0.15) is 13.2 Å². The van der Waals surface area contributed by atoms with Crippen molar-refractivity contribution in [1.82, 2.24) is 10.3 Å². The summed E-state index contributed by atoms with van der Waals surface area (Å²) in [4.78, 5) is 16.5. The summed E-state index contributed by atoms with van der Waals surface area (Å²) >= 11 is 0. The van der Waals surface area contributed by atoms with E-state index in [9.17, 15) is 4.79 Å². The van der Waals surface area contributed by atoms with E-state index >= 15 is 0 Å². The third kappa shape index (κ3) is 3.37. The van der Waals surface area contributed by atoms with Gasteiger partial charge in [-0.05, 0) is 41.5 Å². The molecule has 0 saturated carbocycles. The predicted molar refractivity (Wildman–Crippen MR) is 98.3 cm³/mol. The lowest BCUT2D eigenvalue weighted by atomic mass is 10.0. The highest BCUT2D eigenvalue weighted by Gasteiger charge is 2.16. The molecule has 0 radical (unpaired) electrons. The van der Waals surface area contributed by atoms with Crippen molar-refractivity contribution in [3.8, 4) is 22.6 Å².